The molecule has 1 unspecified atom stereocenters. The van der Waals surface area contributed by atoms with Crippen molar-refractivity contribution >= 4 is 21.6 Å². The van der Waals surface area contributed by atoms with Crippen LogP contribution in [0, 0.1) is 0 Å². The van der Waals surface area contributed by atoms with E-state index in [-0.39, 0.29) is 18.0 Å². The molecule has 0 bridgehead atoms. The molecule has 146 valence electrons. The lowest BCUT2D eigenvalue weighted by molar-refractivity contribution is -0.137. The number of halogens is 4. The SMILES string of the molecule is O=S(=O)(c1cccc(C(F)(F)F)c1)N1CCCC(Oc2ccncc2Cl)C1. The van der Waals surface area contributed by atoms with Gasteiger partial charge in [-0.05, 0) is 31.0 Å². The molecule has 2 aromatic rings. The molecule has 1 fully saturated rings. The molecule has 27 heavy (non-hydrogen) atoms. The molecule has 0 aliphatic carbocycles. The molecule has 0 amide bonds. The summed E-state index contributed by atoms with van der Waals surface area (Å²) in [4.78, 5) is 3.46. The fourth-order valence-corrected chi connectivity index (χ4v) is 4.56. The first-order valence-electron chi connectivity index (χ1n) is 8.11. The van der Waals surface area contributed by atoms with Crippen molar-refractivity contribution in [1.82, 2.24) is 9.29 Å². The number of sulfonamides is 1. The zero-order valence-electron chi connectivity index (χ0n) is 14.0. The minimum atomic E-state index is -4.61. The van der Waals surface area contributed by atoms with E-state index in [0.717, 1.165) is 22.5 Å². The molecule has 0 radical (unpaired) electrons. The third-order valence-corrected chi connectivity index (χ3v) is 6.31. The fourth-order valence-electron chi connectivity index (χ4n) is 2.84. The molecule has 1 aromatic carbocycles. The van der Waals surface area contributed by atoms with Crippen molar-refractivity contribution in [1.29, 1.82) is 0 Å². The van der Waals surface area contributed by atoms with Crippen molar-refractivity contribution in [3.8, 4) is 5.75 Å². The Balaban J connectivity index is 1.80. The van der Waals surface area contributed by atoms with Gasteiger partial charge in [0, 0.05) is 25.0 Å². The first-order chi connectivity index (χ1) is 12.7. The third kappa shape index (κ3) is 4.53. The van der Waals surface area contributed by atoms with E-state index in [9.17, 15) is 21.6 Å². The smallest absolute Gasteiger partial charge is 0.416 e. The summed E-state index contributed by atoms with van der Waals surface area (Å²) in [6.07, 6.45) is -1.03. The van der Waals surface area contributed by atoms with E-state index < -0.39 is 27.9 Å². The Kier molecular flexibility index (Phi) is 5.64. The van der Waals surface area contributed by atoms with Gasteiger partial charge in [-0.25, -0.2) is 8.42 Å². The molecule has 1 atom stereocenters. The number of alkyl halides is 3. The third-order valence-electron chi connectivity index (χ3n) is 4.17. The van der Waals surface area contributed by atoms with Gasteiger partial charge >= 0.3 is 6.18 Å². The van der Waals surface area contributed by atoms with Gasteiger partial charge in [-0.2, -0.15) is 17.5 Å². The minimum Gasteiger partial charge on any atom is -0.487 e. The molecule has 1 saturated heterocycles. The predicted molar refractivity (Wildman–Crippen MR) is 93.1 cm³/mol. The van der Waals surface area contributed by atoms with E-state index in [1.807, 2.05) is 0 Å². The van der Waals surface area contributed by atoms with Crippen LogP contribution in [-0.4, -0.2) is 36.9 Å². The van der Waals surface area contributed by atoms with E-state index in [2.05, 4.69) is 4.98 Å². The highest BCUT2D eigenvalue weighted by atomic mass is 35.5. The second-order valence-electron chi connectivity index (χ2n) is 6.08. The number of pyridine rings is 1. The van der Waals surface area contributed by atoms with Crippen LogP contribution in [0.25, 0.3) is 0 Å². The number of hydrogen-bond acceptors (Lipinski definition) is 4. The lowest BCUT2D eigenvalue weighted by Gasteiger charge is -2.32. The van der Waals surface area contributed by atoms with Crippen molar-refractivity contribution in [3.63, 3.8) is 0 Å². The zero-order valence-corrected chi connectivity index (χ0v) is 15.6. The standard InChI is InChI=1S/C17H16ClF3N2O3S/c18-15-10-22-7-6-16(15)26-13-4-2-8-23(11-13)27(24,25)14-5-1-3-12(9-14)17(19,20)21/h1,3,5-7,9-10,13H,2,4,8,11H2. The number of ether oxygens (including phenoxy) is 1. The first kappa shape index (κ1) is 19.9. The largest absolute Gasteiger partial charge is 0.487 e. The molecule has 1 aliphatic heterocycles. The predicted octanol–water partition coefficient (Wildman–Crippen LogP) is 3.99. The molecule has 5 nitrogen and oxygen atoms in total. The molecule has 2 heterocycles. The van der Waals surface area contributed by atoms with Gasteiger partial charge < -0.3 is 4.74 Å². The van der Waals surface area contributed by atoms with Crippen LogP contribution in [0.4, 0.5) is 13.2 Å². The summed E-state index contributed by atoms with van der Waals surface area (Å²) in [5, 5.41) is 0.301. The second kappa shape index (κ2) is 7.65. The van der Waals surface area contributed by atoms with E-state index in [4.69, 9.17) is 16.3 Å². The van der Waals surface area contributed by atoms with E-state index in [1.54, 1.807) is 6.07 Å². The van der Waals surface area contributed by atoms with Crippen LogP contribution in [0.15, 0.2) is 47.6 Å². The van der Waals surface area contributed by atoms with Crippen LogP contribution in [0.1, 0.15) is 18.4 Å². The molecule has 0 spiro atoms. The number of aromatic nitrogens is 1. The molecular formula is C17H16ClF3N2O3S. The number of hydrogen-bond donors (Lipinski definition) is 0. The van der Waals surface area contributed by atoms with Crippen molar-refractivity contribution < 1.29 is 26.3 Å². The van der Waals surface area contributed by atoms with Crippen LogP contribution < -0.4 is 4.74 Å². The maximum absolute atomic E-state index is 12.9. The monoisotopic (exact) mass is 420 g/mol. The number of nitrogens with zero attached hydrogens (tertiary/aromatic N) is 2. The summed E-state index contributed by atoms with van der Waals surface area (Å²) < 4.78 is 71.2. The Labute approximate surface area is 159 Å². The average molecular weight is 421 g/mol. The summed E-state index contributed by atoms with van der Waals surface area (Å²) in [6.45, 7) is 0.236. The Morgan fingerprint density at radius 2 is 2.04 bits per heavy atom. The summed E-state index contributed by atoms with van der Waals surface area (Å²) in [5.41, 5.74) is -1.00. The molecule has 1 aromatic heterocycles. The molecule has 0 saturated carbocycles. The summed E-state index contributed by atoms with van der Waals surface area (Å²) in [5.74, 6) is 0.384. The average Bonchev–Trinajstić information content (AvgIpc) is 2.63. The van der Waals surface area contributed by atoms with Crippen molar-refractivity contribution in [3.05, 3.63) is 53.3 Å². The first-order valence-corrected chi connectivity index (χ1v) is 9.93. The summed E-state index contributed by atoms with van der Waals surface area (Å²) in [7, 11) is -4.07. The Morgan fingerprint density at radius 3 is 2.74 bits per heavy atom. The normalized spacial score (nSPS) is 19.0. The fraction of sp³-hybridized carbons (Fsp3) is 0.353. The number of rotatable bonds is 4. The van der Waals surface area contributed by atoms with Crippen molar-refractivity contribution in [2.45, 2.75) is 30.0 Å². The molecular weight excluding hydrogens is 405 g/mol. The Hall–Kier alpha value is -1.84. The lowest BCUT2D eigenvalue weighted by Crippen LogP contribution is -2.44. The van der Waals surface area contributed by atoms with Crippen LogP contribution >= 0.6 is 11.6 Å². The van der Waals surface area contributed by atoms with Gasteiger partial charge in [0.15, 0.2) is 0 Å². The van der Waals surface area contributed by atoms with Gasteiger partial charge in [-0.3, -0.25) is 4.98 Å². The van der Waals surface area contributed by atoms with E-state index in [1.165, 1.54) is 12.4 Å². The minimum absolute atomic E-state index is 0.0250. The number of piperidine rings is 1. The van der Waals surface area contributed by atoms with Gasteiger partial charge in [0.05, 0.1) is 17.0 Å². The quantitative estimate of drug-likeness (QED) is 0.750. The molecule has 3 rings (SSSR count). The van der Waals surface area contributed by atoms with E-state index >= 15 is 0 Å². The maximum Gasteiger partial charge on any atom is 0.416 e. The van der Waals surface area contributed by atoms with E-state index in [0.29, 0.717) is 29.7 Å². The van der Waals surface area contributed by atoms with Gasteiger partial charge in [-0.15, -0.1) is 0 Å². The second-order valence-corrected chi connectivity index (χ2v) is 8.42. The maximum atomic E-state index is 12.9. The van der Waals surface area contributed by atoms with Crippen LogP contribution in [-0.2, 0) is 16.2 Å². The van der Waals surface area contributed by atoms with Gasteiger partial charge in [0.2, 0.25) is 10.0 Å². The highest BCUT2D eigenvalue weighted by Crippen LogP contribution is 2.32. The van der Waals surface area contributed by atoms with Crippen LogP contribution in [0.3, 0.4) is 0 Å². The summed E-state index contributed by atoms with van der Waals surface area (Å²) in [6, 6.07) is 5.31. The highest BCUT2D eigenvalue weighted by molar-refractivity contribution is 7.89. The van der Waals surface area contributed by atoms with Crippen LogP contribution in [0.5, 0.6) is 5.75 Å². The van der Waals surface area contributed by atoms with Gasteiger partial charge in [0.25, 0.3) is 0 Å². The van der Waals surface area contributed by atoms with Crippen LogP contribution in [0.2, 0.25) is 5.02 Å². The number of benzene rings is 1. The molecule has 0 N–H and O–H groups in total. The van der Waals surface area contributed by atoms with Gasteiger partial charge in [0.1, 0.15) is 16.9 Å². The van der Waals surface area contributed by atoms with Crippen molar-refractivity contribution in [2.75, 3.05) is 13.1 Å². The Bertz CT molecular complexity index is 922. The van der Waals surface area contributed by atoms with Gasteiger partial charge in [-0.1, -0.05) is 17.7 Å². The molecule has 10 heteroatoms. The zero-order chi connectivity index (χ0) is 19.7. The highest BCUT2D eigenvalue weighted by Gasteiger charge is 2.35. The Morgan fingerprint density at radius 1 is 1.26 bits per heavy atom. The topological polar surface area (TPSA) is 59.5 Å². The lowest BCUT2D eigenvalue weighted by atomic mass is 10.1. The van der Waals surface area contributed by atoms with Crippen molar-refractivity contribution in [2.24, 2.45) is 0 Å². The molecule has 1 aliphatic rings. The summed E-state index contributed by atoms with van der Waals surface area (Å²) >= 11 is 6.00.